The van der Waals surface area contributed by atoms with E-state index < -0.39 is 20.9 Å². The van der Waals surface area contributed by atoms with Crippen LogP contribution >= 0.6 is 0 Å². The molecule has 0 radical (unpaired) electrons. The third kappa shape index (κ3) is 6.01. The Morgan fingerprint density at radius 1 is 1.11 bits per heavy atom. The third-order valence-corrected chi connectivity index (χ3v) is 4.98. The van der Waals surface area contributed by atoms with Crippen LogP contribution in [0.2, 0.25) is 0 Å². The minimum absolute atomic E-state index is 0.0277. The molecular formula is C18H19N3O5S. The number of nitro benzene ring substituents is 1. The molecule has 0 aliphatic heterocycles. The number of sulfonamides is 1. The van der Waals surface area contributed by atoms with Gasteiger partial charge in [-0.2, -0.15) is 0 Å². The summed E-state index contributed by atoms with van der Waals surface area (Å²) in [5, 5.41) is 13.2. The zero-order chi connectivity index (χ0) is 19.9. The van der Waals surface area contributed by atoms with Crippen molar-refractivity contribution in [2.24, 2.45) is 0 Å². The molecule has 0 saturated heterocycles. The summed E-state index contributed by atoms with van der Waals surface area (Å²) in [6.45, 7) is 2.22. The van der Waals surface area contributed by atoms with Crippen molar-refractivity contribution in [3.8, 4) is 0 Å². The fourth-order valence-corrected chi connectivity index (χ4v) is 3.23. The molecule has 27 heavy (non-hydrogen) atoms. The number of nitro groups is 1. The molecule has 0 aromatic heterocycles. The Morgan fingerprint density at radius 2 is 1.74 bits per heavy atom. The van der Waals surface area contributed by atoms with Crippen LogP contribution in [-0.4, -0.2) is 25.8 Å². The summed E-state index contributed by atoms with van der Waals surface area (Å²) >= 11 is 0. The maximum atomic E-state index is 12.0. The van der Waals surface area contributed by atoms with Gasteiger partial charge in [0, 0.05) is 30.4 Å². The van der Waals surface area contributed by atoms with Gasteiger partial charge in [0.05, 0.1) is 9.82 Å². The number of non-ortho nitro benzene ring substituents is 1. The first kappa shape index (κ1) is 20.3. The Morgan fingerprint density at radius 3 is 2.30 bits per heavy atom. The summed E-state index contributed by atoms with van der Waals surface area (Å²) < 4.78 is 26.5. The highest BCUT2D eigenvalue weighted by Gasteiger charge is 2.12. The molecule has 0 aliphatic carbocycles. The van der Waals surface area contributed by atoms with Gasteiger partial charge in [-0.3, -0.25) is 14.9 Å². The molecule has 0 bridgehead atoms. The van der Waals surface area contributed by atoms with Gasteiger partial charge in [-0.05, 0) is 54.5 Å². The number of nitrogens with one attached hydrogen (secondary N) is 2. The van der Waals surface area contributed by atoms with Crippen LogP contribution in [0.25, 0.3) is 6.08 Å². The Bertz CT molecular complexity index is 936. The summed E-state index contributed by atoms with van der Waals surface area (Å²) in [5.41, 5.74) is 1.06. The average Bonchev–Trinajstić information content (AvgIpc) is 2.65. The molecule has 0 unspecified atom stereocenters. The lowest BCUT2D eigenvalue weighted by molar-refractivity contribution is -0.384. The van der Waals surface area contributed by atoms with E-state index in [9.17, 15) is 23.3 Å². The first-order valence-electron chi connectivity index (χ1n) is 8.15. The van der Waals surface area contributed by atoms with E-state index in [1.54, 1.807) is 0 Å². The van der Waals surface area contributed by atoms with E-state index in [0.717, 1.165) is 0 Å². The van der Waals surface area contributed by atoms with Crippen molar-refractivity contribution in [3.63, 3.8) is 0 Å². The number of nitrogens with zero attached hydrogens (tertiary/aromatic N) is 1. The van der Waals surface area contributed by atoms with Crippen LogP contribution < -0.4 is 10.0 Å². The van der Waals surface area contributed by atoms with Gasteiger partial charge < -0.3 is 5.32 Å². The van der Waals surface area contributed by atoms with Crippen molar-refractivity contribution in [3.05, 3.63) is 70.3 Å². The van der Waals surface area contributed by atoms with E-state index in [4.69, 9.17) is 0 Å². The maximum absolute atomic E-state index is 12.0. The van der Waals surface area contributed by atoms with Gasteiger partial charge in [-0.25, -0.2) is 13.1 Å². The number of carbonyl (C=O) groups excluding carboxylic acids is 1. The zero-order valence-electron chi connectivity index (χ0n) is 14.6. The van der Waals surface area contributed by atoms with Crippen molar-refractivity contribution in [1.82, 2.24) is 4.72 Å². The monoisotopic (exact) mass is 389 g/mol. The van der Waals surface area contributed by atoms with E-state index in [0.29, 0.717) is 24.2 Å². The minimum Gasteiger partial charge on any atom is -0.323 e. The van der Waals surface area contributed by atoms with Crippen LogP contribution in [-0.2, 0) is 14.8 Å². The van der Waals surface area contributed by atoms with Gasteiger partial charge in [-0.15, -0.1) is 0 Å². The van der Waals surface area contributed by atoms with Gasteiger partial charge in [0.2, 0.25) is 15.9 Å². The zero-order valence-corrected chi connectivity index (χ0v) is 15.4. The van der Waals surface area contributed by atoms with Gasteiger partial charge in [0.25, 0.3) is 5.69 Å². The van der Waals surface area contributed by atoms with E-state index in [1.165, 1.54) is 60.7 Å². The Hall–Kier alpha value is -3.04. The van der Waals surface area contributed by atoms with Crippen molar-refractivity contribution < 1.29 is 18.1 Å². The van der Waals surface area contributed by atoms with E-state index in [1.807, 2.05) is 6.92 Å². The molecular weight excluding hydrogens is 370 g/mol. The molecule has 9 heteroatoms. The molecule has 0 fully saturated rings. The fourth-order valence-electron chi connectivity index (χ4n) is 2.10. The summed E-state index contributed by atoms with van der Waals surface area (Å²) in [6.07, 6.45) is 3.50. The smallest absolute Gasteiger partial charge is 0.269 e. The molecule has 0 aliphatic rings. The average molecular weight is 389 g/mol. The van der Waals surface area contributed by atoms with E-state index in [2.05, 4.69) is 10.0 Å². The second-order valence-electron chi connectivity index (χ2n) is 5.59. The van der Waals surface area contributed by atoms with Gasteiger partial charge in [-0.1, -0.05) is 6.92 Å². The lowest BCUT2D eigenvalue weighted by Crippen LogP contribution is -2.24. The van der Waals surface area contributed by atoms with Crippen LogP contribution in [0.3, 0.4) is 0 Å². The molecule has 0 spiro atoms. The maximum Gasteiger partial charge on any atom is 0.269 e. The van der Waals surface area contributed by atoms with Crippen LogP contribution in [0.5, 0.6) is 0 Å². The molecule has 0 atom stereocenters. The second-order valence-corrected chi connectivity index (χ2v) is 7.36. The van der Waals surface area contributed by atoms with E-state index in [-0.39, 0.29) is 10.6 Å². The summed E-state index contributed by atoms with van der Waals surface area (Å²) in [5.74, 6) is -0.409. The standard InChI is InChI=1S/C18H19N3O5S/c1-2-13-19-27(25,26)17-10-6-15(7-11-17)20-18(22)12-5-14-3-8-16(9-4-14)21(23)24/h3-12,19H,2,13H2,1H3,(H,20,22)/b12-5+. The quantitative estimate of drug-likeness (QED) is 0.409. The molecule has 2 aromatic carbocycles. The lowest BCUT2D eigenvalue weighted by Gasteiger charge is -2.07. The van der Waals surface area contributed by atoms with Gasteiger partial charge in [0.1, 0.15) is 0 Å². The largest absolute Gasteiger partial charge is 0.323 e. The number of anilines is 1. The molecule has 2 rings (SSSR count). The third-order valence-electron chi connectivity index (χ3n) is 3.51. The predicted molar refractivity (Wildman–Crippen MR) is 103 cm³/mol. The van der Waals surface area contributed by atoms with Crippen molar-refractivity contribution >= 4 is 33.4 Å². The molecule has 142 valence electrons. The number of hydrogen-bond acceptors (Lipinski definition) is 5. The summed E-state index contributed by atoms with van der Waals surface area (Å²) in [7, 11) is -3.55. The molecule has 0 heterocycles. The normalized spacial score (nSPS) is 11.4. The molecule has 0 saturated carbocycles. The topological polar surface area (TPSA) is 118 Å². The minimum atomic E-state index is -3.55. The molecule has 1 amide bonds. The number of hydrogen-bond donors (Lipinski definition) is 2. The molecule has 2 N–H and O–H groups in total. The van der Waals surface area contributed by atoms with Crippen molar-refractivity contribution in [2.45, 2.75) is 18.2 Å². The van der Waals surface area contributed by atoms with Gasteiger partial charge >= 0.3 is 0 Å². The predicted octanol–water partition coefficient (Wildman–Crippen LogP) is 2.94. The molecule has 8 nitrogen and oxygen atoms in total. The Kier molecular flexibility index (Phi) is 6.80. The summed E-state index contributed by atoms with van der Waals surface area (Å²) in [4.78, 5) is 22.2. The number of carbonyl (C=O) groups is 1. The first-order valence-corrected chi connectivity index (χ1v) is 9.63. The SMILES string of the molecule is CCCNS(=O)(=O)c1ccc(NC(=O)/C=C/c2ccc([N+](=O)[O-])cc2)cc1. The van der Waals surface area contributed by atoms with Crippen LogP contribution in [0.15, 0.2) is 59.5 Å². The van der Waals surface area contributed by atoms with Gasteiger partial charge in [0.15, 0.2) is 0 Å². The highest BCUT2D eigenvalue weighted by molar-refractivity contribution is 7.89. The number of benzene rings is 2. The van der Waals surface area contributed by atoms with Crippen LogP contribution in [0.4, 0.5) is 11.4 Å². The molecule has 2 aromatic rings. The van der Waals surface area contributed by atoms with E-state index >= 15 is 0 Å². The Labute approximate surface area is 157 Å². The Balaban J connectivity index is 1.98. The number of rotatable bonds is 8. The highest BCUT2D eigenvalue weighted by Crippen LogP contribution is 2.15. The van der Waals surface area contributed by atoms with Crippen LogP contribution in [0.1, 0.15) is 18.9 Å². The van der Waals surface area contributed by atoms with Crippen molar-refractivity contribution in [1.29, 1.82) is 0 Å². The highest BCUT2D eigenvalue weighted by atomic mass is 32.2. The summed E-state index contributed by atoms with van der Waals surface area (Å²) in [6, 6.07) is 11.6. The first-order chi connectivity index (χ1) is 12.8. The lowest BCUT2D eigenvalue weighted by atomic mass is 10.2. The second kappa shape index (κ2) is 9.06. The van der Waals surface area contributed by atoms with Crippen molar-refractivity contribution in [2.75, 3.05) is 11.9 Å². The fraction of sp³-hybridized carbons (Fsp3) is 0.167. The number of amides is 1. The van der Waals surface area contributed by atoms with Crippen LogP contribution in [0, 0.1) is 10.1 Å².